The Morgan fingerprint density at radius 3 is 2.49 bits per heavy atom. The first-order valence-corrected chi connectivity index (χ1v) is 13.3. The van der Waals surface area contributed by atoms with E-state index < -0.39 is 0 Å². The largest absolute Gasteiger partial charge is 0.355 e. The van der Waals surface area contributed by atoms with Crippen molar-refractivity contribution in [2.24, 2.45) is 5.92 Å². The maximum absolute atomic E-state index is 6.52. The average Bonchev–Trinajstić information content (AvgIpc) is 2.98. The second-order valence-electron chi connectivity index (χ2n) is 10.0. The highest BCUT2D eigenvalue weighted by Gasteiger charge is 2.32. The molecule has 0 bridgehead atoms. The van der Waals surface area contributed by atoms with Crippen LogP contribution >= 0.6 is 35.6 Å². The van der Waals surface area contributed by atoms with Crippen LogP contribution in [0, 0.1) is 12.8 Å². The number of halogens is 3. The maximum atomic E-state index is 6.52. The molecule has 6 nitrogen and oxygen atoms in total. The lowest BCUT2D eigenvalue weighted by molar-refractivity contribution is 0.132. The lowest BCUT2D eigenvalue weighted by atomic mass is 9.92. The van der Waals surface area contributed by atoms with Crippen molar-refractivity contribution < 1.29 is 0 Å². The lowest BCUT2D eigenvalue weighted by Crippen LogP contribution is -2.50. The minimum atomic E-state index is -0.0850. The molecule has 2 aliphatic rings. The molecule has 0 spiro atoms. The van der Waals surface area contributed by atoms with Crippen molar-refractivity contribution in [3.63, 3.8) is 0 Å². The molecule has 1 aromatic carbocycles. The summed E-state index contributed by atoms with van der Waals surface area (Å²) in [6.45, 7) is 11.0. The minimum Gasteiger partial charge on any atom is -0.355 e. The molecule has 0 aliphatic carbocycles. The van der Waals surface area contributed by atoms with Crippen LogP contribution in [0.2, 0.25) is 10.0 Å². The summed E-state index contributed by atoms with van der Waals surface area (Å²) >= 11 is 12.6. The van der Waals surface area contributed by atoms with Gasteiger partial charge in [0, 0.05) is 29.2 Å². The first-order valence-electron chi connectivity index (χ1n) is 12.6. The van der Waals surface area contributed by atoms with E-state index in [0.717, 1.165) is 41.3 Å². The summed E-state index contributed by atoms with van der Waals surface area (Å²) in [7, 11) is 0. The third-order valence-corrected chi connectivity index (χ3v) is 8.19. The van der Waals surface area contributed by atoms with Crippen molar-refractivity contribution in [1.29, 1.82) is 0 Å². The molecular formula is C26H35Cl3N6. The van der Waals surface area contributed by atoms with Crippen LogP contribution in [0.4, 0.5) is 5.82 Å². The molecule has 0 N–H and O–H groups in total. The number of likely N-dealkylation sites (tertiary alicyclic amines) is 1. The molecule has 3 aromatic rings. The monoisotopic (exact) mass is 536 g/mol. The van der Waals surface area contributed by atoms with E-state index in [-0.39, 0.29) is 18.4 Å². The number of fused-ring (bicyclic) bond motifs is 1. The summed E-state index contributed by atoms with van der Waals surface area (Å²) in [4.78, 5) is 15.0. The van der Waals surface area contributed by atoms with Crippen LogP contribution in [-0.2, 0) is 0 Å². The standard InChI is InChI=1S/C26H34Cl2N6.ClH/c1-17-16-33(13-10-23(17)32-11-6-4-5-7-12-32)24-15-29-25-18(2)31-34(26(25)30-24)19(3)21-9-8-20(27)14-22(21)28;/h8-9,14-15,17,19,23H,4-7,10-13,16H2,1-3H3;1H/t17-,19-,23+;/m1./s1. The van der Waals surface area contributed by atoms with Gasteiger partial charge in [-0.25, -0.2) is 14.6 Å². The van der Waals surface area contributed by atoms with Gasteiger partial charge in [-0.2, -0.15) is 5.10 Å². The van der Waals surface area contributed by atoms with Gasteiger partial charge in [-0.05, 0) is 69.8 Å². The molecular weight excluding hydrogens is 503 g/mol. The summed E-state index contributed by atoms with van der Waals surface area (Å²) in [5.41, 5.74) is 3.48. The van der Waals surface area contributed by atoms with Crippen molar-refractivity contribution in [2.45, 2.75) is 65.0 Å². The van der Waals surface area contributed by atoms with E-state index in [1.165, 1.54) is 45.2 Å². The van der Waals surface area contributed by atoms with Gasteiger partial charge in [0.05, 0.1) is 17.9 Å². The normalized spacial score (nSPS) is 22.6. The molecule has 9 heteroatoms. The molecule has 2 aromatic heterocycles. The first kappa shape index (κ1) is 26.5. The molecule has 3 atom stereocenters. The number of anilines is 1. The van der Waals surface area contributed by atoms with Gasteiger partial charge in [-0.3, -0.25) is 4.90 Å². The number of hydrogen-bond donors (Lipinski definition) is 0. The van der Waals surface area contributed by atoms with Gasteiger partial charge in [-0.1, -0.05) is 49.0 Å². The van der Waals surface area contributed by atoms with Crippen molar-refractivity contribution in [2.75, 3.05) is 31.1 Å². The molecule has 190 valence electrons. The molecule has 0 saturated carbocycles. The first-order chi connectivity index (χ1) is 16.4. The van der Waals surface area contributed by atoms with Crippen molar-refractivity contribution in [1.82, 2.24) is 24.6 Å². The average molecular weight is 538 g/mol. The number of piperidine rings is 1. The lowest BCUT2D eigenvalue weighted by Gasteiger charge is -2.42. The second-order valence-corrected chi connectivity index (χ2v) is 10.8. The number of aryl methyl sites for hydroxylation is 1. The fourth-order valence-corrected chi connectivity index (χ4v) is 6.31. The van der Waals surface area contributed by atoms with Crippen molar-refractivity contribution in [3.05, 3.63) is 45.7 Å². The van der Waals surface area contributed by atoms with E-state index in [2.05, 4.69) is 23.6 Å². The Bertz CT molecular complexity index is 1160. The zero-order valence-corrected chi connectivity index (χ0v) is 23.1. The molecule has 2 aliphatic heterocycles. The Kier molecular flexibility index (Phi) is 8.47. The molecule has 0 radical (unpaired) electrons. The molecule has 5 rings (SSSR count). The van der Waals surface area contributed by atoms with Gasteiger partial charge in [0.25, 0.3) is 0 Å². The minimum absolute atomic E-state index is 0. The zero-order valence-electron chi connectivity index (χ0n) is 20.8. The van der Waals surface area contributed by atoms with E-state index in [9.17, 15) is 0 Å². The van der Waals surface area contributed by atoms with Crippen LogP contribution in [0.3, 0.4) is 0 Å². The predicted octanol–water partition coefficient (Wildman–Crippen LogP) is 6.56. The van der Waals surface area contributed by atoms with Gasteiger partial charge >= 0.3 is 0 Å². The number of nitrogens with zero attached hydrogens (tertiary/aromatic N) is 6. The number of hydrogen-bond acceptors (Lipinski definition) is 5. The number of aromatic nitrogens is 4. The third kappa shape index (κ3) is 5.41. The van der Waals surface area contributed by atoms with Crippen LogP contribution in [-0.4, -0.2) is 56.9 Å². The number of rotatable bonds is 4. The summed E-state index contributed by atoms with van der Waals surface area (Å²) < 4.78 is 1.95. The Morgan fingerprint density at radius 2 is 1.80 bits per heavy atom. The third-order valence-electron chi connectivity index (χ3n) is 7.63. The Balaban J connectivity index is 0.00000289. The van der Waals surface area contributed by atoms with Crippen molar-refractivity contribution in [3.8, 4) is 0 Å². The quantitative estimate of drug-likeness (QED) is 0.377. The Hall–Kier alpha value is -1.60. The van der Waals surface area contributed by atoms with Gasteiger partial charge < -0.3 is 4.90 Å². The second kappa shape index (κ2) is 11.2. The van der Waals surface area contributed by atoms with Gasteiger partial charge in [0.15, 0.2) is 5.65 Å². The predicted molar refractivity (Wildman–Crippen MR) is 147 cm³/mol. The van der Waals surface area contributed by atoms with Crippen LogP contribution in [0.5, 0.6) is 0 Å². The summed E-state index contributed by atoms with van der Waals surface area (Å²) in [5.74, 6) is 1.53. The molecule has 4 heterocycles. The van der Waals surface area contributed by atoms with Crippen LogP contribution in [0.1, 0.15) is 63.3 Å². The van der Waals surface area contributed by atoms with Crippen LogP contribution < -0.4 is 4.90 Å². The SMILES string of the molecule is Cc1nn([C@H](C)c2ccc(Cl)cc2Cl)c2nc(N3CC[C@H](N4CCCCCC4)[C@H](C)C3)cnc12.Cl. The fourth-order valence-electron chi connectivity index (χ4n) is 5.75. The highest BCUT2D eigenvalue weighted by atomic mass is 35.5. The van der Waals surface area contributed by atoms with E-state index in [1.54, 1.807) is 6.07 Å². The molecule has 2 saturated heterocycles. The van der Waals surface area contributed by atoms with E-state index in [1.807, 2.05) is 29.9 Å². The topological polar surface area (TPSA) is 50.1 Å². The van der Waals surface area contributed by atoms with Crippen LogP contribution in [0.15, 0.2) is 24.4 Å². The molecule has 35 heavy (non-hydrogen) atoms. The maximum Gasteiger partial charge on any atom is 0.179 e. The molecule has 0 amide bonds. The van der Waals surface area contributed by atoms with Crippen LogP contribution in [0.25, 0.3) is 11.2 Å². The Morgan fingerprint density at radius 1 is 1.06 bits per heavy atom. The molecule has 0 unspecified atom stereocenters. The Labute approximate surface area is 224 Å². The van der Waals surface area contributed by atoms with Gasteiger partial charge in [-0.15, -0.1) is 12.4 Å². The van der Waals surface area contributed by atoms with Gasteiger partial charge in [0.2, 0.25) is 0 Å². The van der Waals surface area contributed by atoms with Gasteiger partial charge in [0.1, 0.15) is 11.3 Å². The van der Waals surface area contributed by atoms with E-state index in [0.29, 0.717) is 22.0 Å². The smallest absolute Gasteiger partial charge is 0.179 e. The molecule has 2 fully saturated rings. The number of benzene rings is 1. The summed E-state index contributed by atoms with van der Waals surface area (Å²) in [6, 6.07) is 6.19. The summed E-state index contributed by atoms with van der Waals surface area (Å²) in [6.07, 6.45) is 8.54. The summed E-state index contributed by atoms with van der Waals surface area (Å²) in [5, 5.41) is 6.05. The van der Waals surface area contributed by atoms with Crippen molar-refractivity contribution >= 4 is 52.6 Å². The van der Waals surface area contributed by atoms with E-state index in [4.69, 9.17) is 38.3 Å². The highest BCUT2D eigenvalue weighted by Crippen LogP contribution is 2.32. The zero-order chi connectivity index (χ0) is 23.8. The van der Waals surface area contributed by atoms with E-state index >= 15 is 0 Å². The highest BCUT2D eigenvalue weighted by molar-refractivity contribution is 6.35. The fraction of sp³-hybridized carbons (Fsp3) is 0.577.